The lowest BCUT2D eigenvalue weighted by molar-refractivity contribution is -0.138. The maximum absolute atomic E-state index is 11.3. The molecular formula is C20H28N4O6. The minimum atomic E-state index is -1.02. The summed E-state index contributed by atoms with van der Waals surface area (Å²) in [4.78, 5) is 20.9. The Balaban J connectivity index is 2.06. The van der Waals surface area contributed by atoms with Crippen LogP contribution in [-0.4, -0.2) is 66.0 Å². The van der Waals surface area contributed by atoms with Crippen LogP contribution in [0.25, 0.3) is 0 Å². The third-order valence-electron chi connectivity index (χ3n) is 4.85. The minimum absolute atomic E-state index is 0.0150. The van der Waals surface area contributed by atoms with E-state index < -0.39 is 5.97 Å². The van der Waals surface area contributed by atoms with Gasteiger partial charge in [0.25, 0.3) is 0 Å². The molecule has 0 saturated heterocycles. The van der Waals surface area contributed by atoms with Gasteiger partial charge in [0.15, 0.2) is 0 Å². The molecule has 2 aromatic heterocycles. The maximum Gasteiger partial charge on any atom is 0.317 e. The summed E-state index contributed by atoms with van der Waals surface area (Å²) in [6.07, 6.45) is 2.97. The Hall–Kier alpha value is -2.79. The molecule has 6 N–H and O–H groups in total. The van der Waals surface area contributed by atoms with Gasteiger partial charge in [-0.15, -0.1) is 0 Å². The molecule has 0 unspecified atom stereocenters. The molecular weight excluding hydrogens is 392 g/mol. The lowest BCUT2D eigenvalue weighted by Gasteiger charge is -2.23. The van der Waals surface area contributed by atoms with Gasteiger partial charge in [0.05, 0.1) is 31.1 Å². The van der Waals surface area contributed by atoms with Gasteiger partial charge in [0.1, 0.15) is 11.5 Å². The highest BCUT2D eigenvalue weighted by Crippen LogP contribution is 2.26. The minimum Gasteiger partial charge on any atom is -0.506 e. The van der Waals surface area contributed by atoms with Crippen LogP contribution in [0.2, 0.25) is 0 Å². The summed E-state index contributed by atoms with van der Waals surface area (Å²) in [5, 5.41) is 51.8. The molecule has 2 aromatic rings. The molecule has 30 heavy (non-hydrogen) atoms. The van der Waals surface area contributed by atoms with E-state index in [2.05, 4.69) is 15.3 Å². The van der Waals surface area contributed by atoms with Gasteiger partial charge < -0.3 is 30.8 Å². The number of aliphatic hydroxyl groups excluding tert-OH is 2. The first-order valence-corrected chi connectivity index (χ1v) is 9.47. The molecule has 0 aliphatic carbocycles. The second-order valence-electron chi connectivity index (χ2n) is 6.99. The quantitative estimate of drug-likeness (QED) is 0.277. The lowest BCUT2D eigenvalue weighted by atomic mass is 10.1. The van der Waals surface area contributed by atoms with Crippen molar-refractivity contribution < 1.29 is 30.3 Å². The highest BCUT2D eigenvalue weighted by Gasteiger charge is 2.18. The Morgan fingerprint density at radius 1 is 1.00 bits per heavy atom. The number of nitrogens with one attached hydrogen (secondary N) is 1. The van der Waals surface area contributed by atoms with E-state index in [1.165, 1.54) is 12.4 Å². The lowest BCUT2D eigenvalue weighted by Crippen LogP contribution is -2.35. The van der Waals surface area contributed by atoms with Gasteiger partial charge in [0.2, 0.25) is 0 Å². The summed E-state index contributed by atoms with van der Waals surface area (Å²) in [5.74, 6) is -1.06. The number of aromatic nitrogens is 2. The highest BCUT2D eigenvalue weighted by atomic mass is 16.4. The molecule has 0 aliphatic rings. The van der Waals surface area contributed by atoms with Crippen molar-refractivity contribution in [2.75, 3.05) is 19.6 Å². The Kier molecular flexibility index (Phi) is 8.48. The molecule has 10 heteroatoms. The largest absolute Gasteiger partial charge is 0.506 e. The van der Waals surface area contributed by atoms with Crippen LogP contribution < -0.4 is 5.32 Å². The second kappa shape index (κ2) is 10.8. The number of hydrogen-bond donors (Lipinski definition) is 6. The van der Waals surface area contributed by atoms with Crippen LogP contribution in [0.1, 0.15) is 33.6 Å². The predicted octanol–water partition coefficient (Wildman–Crippen LogP) is 0.166. The topological polar surface area (TPSA) is 159 Å². The van der Waals surface area contributed by atoms with Gasteiger partial charge in [-0.3, -0.25) is 19.7 Å². The fourth-order valence-corrected chi connectivity index (χ4v) is 3.09. The van der Waals surface area contributed by atoms with Crippen molar-refractivity contribution in [1.82, 2.24) is 20.2 Å². The van der Waals surface area contributed by atoms with E-state index in [1.54, 1.807) is 18.7 Å². The van der Waals surface area contributed by atoms with Gasteiger partial charge >= 0.3 is 5.97 Å². The number of carboxylic acids is 1. The van der Waals surface area contributed by atoms with E-state index in [0.717, 1.165) is 0 Å². The average Bonchev–Trinajstić information content (AvgIpc) is 2.71. The fourth-order valence-electron chi connectivity index (χ4n) is 3.09. The number of carbonyl (C=O) groups is 1. The van der Waals surface area contributed by atoms with Crippen LogP contribution in [0, 0.1) is 13.8 Å². The van der Waals surface area contributed by atoms with Crippen molar-refractivity contribution in [3.63, 3.8) is 0 Å². The summed E-state index contributed by atoms with van der Waals surface area (Å²) < 4.78 is 0. The monoisotopic (exact) mass is 420 g/mol. The smallest absolute Gasteiger partial charge is 0.317 e. The number of aromatic hydroxyl groups is 2. The SMILES string of the molecule is Cc1ncc(CO)c(CNCCN(CC(=O)O)Cc2c(CO)cnc(C)c2O)c1O. The molecule has 0 saturated carbocycles. The van der Waals surface area contributed by atoms with Crippen molar-refractivity contribution in [2.45, 2.75) is 40.2 Å². The Labute approximate surface area is 174 Å². The molecule has 0 amide bonds. The third kappa shape index (κ3) is 5.86. The molecule has 0 aliphatic heterocycles. The first kappa shape index (κ1) is 23.5. The van der Waals surface area contributed by atoms with Crippen molar-refractivity contribution in [1.29, 1.82) is 0 Å². The number of rotatable bonds is 11. The van der Waals surface area contributed by atoms with Crippen molar-refractivity contribution in [3.05, 3.63) is 46.0 Å². The van der Waals surface area contributed by atoms with E-state index in [1.807, 2.05) is 0 Å². The zero-order valence-electron chi connectivity index (χ0n) is 17.1. The van der Waals surface area contributed by atoms with Crippen LogP contribution in [0.4, 0.5) is 0 Å². The normalized spacial score (nSPS) is 11.2. The first-order chi connectivity index (χ1) is 14.3. The van der Waals surface area contributed by atoms with Gasteiger partial charge in [0, 0.05) is 60.8 Å². The summed E-state index contributed by atoms with van der Waals surface area (Å²) in [6, 6.07) is 0. The van der Waals surface area contributed by atoms with E-state index in [-0.39, 0.29) is 44.3 Å². The van der Waals surface area contributed by atoms with Crippen LogP contribution in [0.15, 0.2) is 12.4 Å². The van der Waals surface area contributed by atoms with Gasteiger partial charge in [-0.25, -0.2) is 0 Å². The summed E-state index contributed by atoms with van der Waals surface area (Å²) >= 11 is 0. The molecule has 2 rings (SSSR count). The maximum atomic E-state index is 11.3. The molecule has 0 bridgehead atoms. The Morgan fingerprint density at radius 3 is 2.07 bits per heavy atom. The average molecular weight is 420 g/mol. The van der Waals surface area contributed by atoms with Crippen molar-refractivity contribution >= 4 is 5.97 Å². The van der Waals surface area contributed by atoms with Crippen LogP contribution in [0.5, 0.6) is 11.5 Å². The van der Waals surface area contributed by atoms with E-state index in [0.29, 0.717) is 46.7 Å². The molecule has 0 radical (unpaired) electrons. The Bertz CT molecular complexity index is 890. The van der Waals surface area contributed by atoms with Crippen molar-refractivity contribution in [3.8, 4) is 11.5 Å². The number of aryl methyl sites for hydroxylation is 2. The summed E-state index contributed by atoms with van der Waals surface area (Å²) in [5.41, 5.74) is 2.78. The second-order valence-corrected chi connectivity index (χ2v) is 6.99. The molecule has 0 atom stereocenters. The molecule has 0 aromatic carbocycles. The predicted molar refractivity (Wildman–Crippen MR) is 108 cm³/mol. The molecule has 0 spiro atoms. The number of aliphatic hydroxyl groups is 2. The highest BCUT2D eigenvalue weighted by molar-refractivity contribution is 5.69. The molecule has 2 heterocycles. The number of pyridine rings is 2. The molecule has 0 fully saturated rings. The van der Waals surface area contributed by atoms with E-state index >= 15 is 0 Å². The van der Waals surface area contributed by atoms with Crippen LogP contribution >= 0.6 is 0 Å². The number of hydrogen-bond acceptors (Lipinski definition) is 9. The summed E-state index contributed by atoms with van der Waals surface area (Å²) in [7, 11) is 0. The number of aliphatic carboxylic acids is 1. The fraction of sp³-hybridized carbons (Fsp3) is 0.450. The van der Waals surface area contributed by atoms with Gasteiger partial charge in [-0.2, -0.15) is 0 Å². The number of nitrogens with zero attached hydrogens (tertiary/aromatic N) is 3. The van der Waals surface area contributed by atoms with E-state index in [9.17, 15) is 30.3 Å². The number of carboxylic acid groups (broad SMARTS) is 1. The van der Waals surface area contributed by atoms with Gasteiger partial charge in [-0.05, 0) is 13.8 Å². The summed E-state index contributed by atoms with van der Waals surface area (Å²) in [6.45, 7) is 3.58. The van der Waals surface area contributed by atoms with E-state index in [4.69, 9.17) is 0 Å². The zero-order valence-corrected chi connectivity index (χ0v) is 17.1. The Morgan fingerprint density at radius 2 is 1.53 bits per heavy atom. The van der Waals surface area contributed by atoms with Gasteiger partial charge in [-0.1, -0.05) is 0 Å². The van der Waals surface area contributed by atoms with Crippen LogP contribution in [0.3, 0.4) is 0 Å². The zero-order chi connectivity index (χ0) is 22.3. The molecule has 10 nitrogen and oxygen atoms in total. The molecule has 164 valence electrons. The first-order valence-electron chi connectivity index (χ1n) is 9.47. The standard InChI is InChI=1S/C20H28N4O6/c1-12-19(29)16(14(10-25)5-22-12)7-21-3-4-24(9-18(27)28)8-17-15(11-26)6-23-13(2)20(17)30/h5-6,21,25-26,29-30H,3-4,7-11H2,1-2H3,(H,27,28). The van der Waals surface area contributed by atoms with Crippen molar-refractivity contribution in [2.24, 2.45) is 0 Å². The third-order valence-corrected chi connectivity index (χ3v) is 4.85. The van der Waals surface area contributed by atoms with Crippen LogP contribution in [-0.2, 0) is 31.1 Å².